The zero-order valence-electron chi connectivity index (χ0n) is 10.2. The quantitative estimate of drug-likeness (QED) is 0.466. The maximum Gasteiger partial charge on any atom is 0.297 e. The van der Waals surface area contributed by atoms with Crippen LogP contribution < -0.4 is 11.3 Å². The fourth-order valence-electron chi connectivity index (χ4n) is 1.18. The Kier molecular flexibility index (Phi) is 4.64. The number of hydrogen-bond donors (Lipinski definition) is 2. The summed E-state index contributed by atoms with van der Waals surface area (Å²) in [5, 5.41) is 0. The number of hydrazine groups is 1. The molecule has 0 fully saturated rings. The smallest absolute Gasteiger partial charge is 0.271 e. The number of aryl methyl sites for hydroxylation is 1. The molecule has 0 heterocycles. The van der Waals surface area contributed by atoms with Crippen LogP contribution >= 0.6 is 0 Å². The van der Waals surface area contributed by atoms with Crippen molar-refractivity contribution in [2.24, 2.45) is 5.84 Å². The Labute approximate surface area is 102 Å². The van der Waals surface area contributed by atoms with Gasteiger partial charge in [0.2, 0.25) is 0 Å². The number of nitrogens with two attached hydrogens (primary N) is 1. The van der Waals surface area contributed by atoms with Gasteiger partial charge in [0, 0.05) is 6.04 Å². The fraction of sp³-hybridized carbons (Fsp3) is 0.455. The van der Waals surface area contributed by atoms with Crippen molar-refractivity contribution in [3.63, 3.8) is 0 Å². The molecule has 96 valence electrons. The van der Waals surface area contributed by atoms with Crippen molar-refractivity contribution in [2.75, 3.05) is 0 Å². The number of benzene rings is 1. The summed E-state index contributed by atoms with van der Waals surface area (Å²) >= 11 is 0. The molecule has 17 heavy (non-hydrogen) atoms. The lowest BCUT2D eigenvalue weighted by molar-refractivity contribution is 0.186. The van der Waals surface area contributed by atoms with Crippen molar-refractivity contribution >= 4 is 10.1 Å². The number of rotatable bonds is 5. The summed E-state index contributed by atoms with van der Waals surface area (Å²) in [5.74, 6) is 5.23. The fourth-order valence-corrected chi connectivity index (χ4v) is 2.33. The van der Waals surface area contributed by atoms with Crippen LogP contribution in [-0.2, 0) is 14.3 Å². The standard InChI is InChI=1S/C11H18N2O3S/c1-8-4-6-11(7-5-8)17(14,15)16-10(3)9(2)13-12/h4-7,9-10,13H,12H2,1-3H3/t9-,10+/m0/s1. The highest BCUT2D eigenvalue weighted by molar-refractivity contribution is 7.86. The Hall–Kier alpha value is -0.950. The van der Waals surface area contributed by atoms with Gasteiger partial charge in [-0.2, -0.15) is 8.42 Å². The van der Waals surface area contributed by atoms with Gasteiger partial charge < -0.3 is 0 Å². The van der Waals surface area contributed by atoms with Crippen LogP contribution in [0.15, 0.2) is 29.2 Å². The Bertz CT molecular complexity index is 456. The lowest BCUT2D eigenvalue weighted by Gasteiger charge is -2.19. The van der Waals surface area contributed by atoms with Crippen molar-refractivity contribution < 1.29 is 12.6 Å². The highest BCUT2D eigenvalue weighted by atomic mass is 32.2. The maximum absolute atomic E-state index is 11.9. The van der Waals surface area contributed by atoms with Crippen LogP contribution in [0.1, 0.15) is 19.4 Å². The van der Waals surface area contributed by atoms with Crippen molar-refractivity contribution in [1.29, 1.82) is 0 Å². The monoisotopic (exact) mass is 258 g/mol. The van der Waals surface area contributed by atoms with Crippen molar-refractivity contribution in [2.45, 2.75) is 37.8 Å². The number of hydrogen-bond acceptors (Lipinski definition) is 5. The molecule has 0 aliphatic heterocycles. The third-order valence-corrected chi connectivity index (χ3v) is 3.96. The Morgan fingerprint density at radius 2 is 1.76 bits per heavy atom. The SMILES string of the molecule is Cc1ccc(S(=O)(=O)O[C@H](C)[C@H](C)NN)cc1. The van der Waals surface area contributed by atoms with Gasteiger partial charge in [-0.1, -0.05) is 17.7 Å². The third kappa shape index (κ3) is 3.78. The second kappa shape index (κ2) is 5.59. The van der Waals surface area contributed by atoms with E-state index in [0.717, 1.165) is 5.56 Å². The van der Waals surface area contributed by atoms with Crippen LogP contribution in [0.4, 0.5) is 0 Å². The van der Waals surface area contributed by atoms with Gasteiger partial charge in [0.15, 0.2) is 0 Å². The maximum atomic E-state index is 11.9. The molecule has 1 aromatic rings. The van der Waals surface area contributed by atoms with E-state index in [1.165, 1.54) is 12.1 Å². The van der Waals surface area contributed by atoms with Gasteiger partial charge in [0.25, 0.3) is 10.1 Å². The Morgan fingerprint density at radius 1 is 1.24 bits per heavy atom. The largest absolute Gasteiger partial charge is 0.297 e. The van der Waals surface area contributed by atoms with Crippen LogP contribution in [0, 0.1) is 6.92 Å². The van der Waals surface area contributed by atoms with E-state index < -0.39 is 16.2 Å². The van der Waals surface area contributed by atoms with E-state index in [1.807, 2.05) is 6.92 Å². The first-order valence-electron chi connectivity index (χ1n) is 5.33. The molecule has 0 aromatic heterocycles. The molecule has 3 N–H and O–H groups in total. The van der Waals surface area contributed by atoms with Gasteiger partial charge in [-0.25, -0.2) is 0 Å². The molecular weight excluding hydrogens is 240 g/mol. The molecule has 5 nitrogen and oxygen atoms in total. The summed E-state index contributed by atoms with van der Waals surface area (Å²) < 4.78 is 28.8. The zero-order chi connectivity index (χ0) is 13.1. The molecule has 0 aliphatic carbocycles. The number of nitrogens with one attached hydrogen (secondary N) is 1. The predicted molar refractivity (Wildman–Crippen MR) is 65.7 cm³/mol. The van der Waals surface area contributed by atoms with E-state index in [0.29, 0.717) is 0 Å². The minimum absolute atomic E-state index is 0.152. The second-order valence-corrected chi connectivity index (χ2v) is 5.60. The van der Waals surface area contributed by atoms with Crippen LogP contribution in [0.2, 0.25) is 0 Å². The molecule has 0 spiro atoms. The van der Waals surface area contributed by atoms with Crippen molar-refractivity contribution in [3.8, 4) is 0 Å². The highest BCUT2D eigenvalue weighted by Gasteiger charge is 2.22. The first-order chi connectivity index (χ1) is 7.86. The Morgan fingerprint density at radius 3 is 2.24 bits per heavy atom. The minimum Gasteiger partial charge on any atom is -0.271 e. The summed E-state index contributed by atoms with van der Waals surface area (Å²) in [6, 6.07) is 6.25. The minimum atomic E-state index is -3.73. The van der Waals surface area contributed by atoms with Crippen LogP contribution in [-0.4, -0.2) is 20.6 Å². The van der Waals surface area contributed by atoms with E-state index in [4.69, 9.17) is 10.0 Å². The summed E-state index contributed by atoms with van der Waals surface area (Å²) in [4.78, 5) is 0.152. The molecule has 1 rings (SSSR count). The van der Waals surface area contributed by atoms with Gasteiger partial charge in [-0.15, -0.1) is 0 Å². The third-order valence-electron chi connectivity index (χ3n) is 2.56. The average molecular weight is 258 g/mol. The van der Waals surface area contributed by atoms with Crippen molar-refractivity contribution in [1.82, 2.24) is 5.43 Å². The van der Waals surface area contributed by atoms with Gasteiger partial charge in [-0.3, -0.25) is 15.5 Å². The second-order valence-electron chi connectivity index (χ2n) is 4.02. The molecule has 2 atom stereocenters. The molecule has 0 amide bonds. The van der Waals surface area contributed by atoms with E-state index in [9.17, 15) is 8.42 Å². The zero-order valence-corrected chi connectivity index (χ0v) is 11.0. The molecule has 0 saturated heterocycles. The van der Waals surface area contributed by atoms with Gasteiger partial charge in [0.1, 0.15) is 0 Å². The van der Waals surface area contributed by atoms with Gasteiger partial charge in [-0.05, 0) is 32.9 Å². The first kappa shape index (κ1) is 14.1. The van der Waals surface area contributed by atoms with Crippen molar-refractivity contribution in [3.05, 3.63) is 29.8 Å². The summed E-state index contributed by atoms with van der Waals surface area (Å²) in [6.07, 6.45) is -0.536. The lowest BCUT2D eigenvalue weighted by Crippen LogP contribution is -2.42. The van der Waals surface area contributed by atoms with Crippen LogP contribution in [0.25, 0.3) is 0 Å². The van der Waals surface area contributed by atoms with E-state index in [-0.39, 0.29) is 10.9 Å². The summed E-state index contributed by atoms with van der Waals surface area (Å²) in [6.45, 7) is 5.28. The molecule has 1 aromatic carbocycles. The highest BCUT2D eigenvalue weighted by Crippen LogP contribution is 2.15. The molecule has 0 aliphatic rings. The average Bonchev–Trinajstić information content (AvgIpc) is 2.27. The normalized spacial score (nSPS) is 15.5. The van der Waals surface area contributed by atoms with Gasteiger partial charge >= 0.3 is 0 Å². The molecular formula is C11H18N2O3S. The first-order valence-corrected chi connectivity index (χ1v) is 6.73. The van der Waals surface area contributed by atoms with E-state index >= 15 is 0 Å². The molecule has 0 unspecified atom stereocenters. The lowest BCUT2D eigenvalue weighted by atomic mass is 10.2. The molecule has 0 saturated carbocycles. The predicted octanol–water partition coefficient (Wildman–Crippen LogP) is 0.941. The molecule has 0 bridgehead atoms. The molecule has 0 radical (unpaired) electrons. The Balaban J connectivity index is 2.85. The summed E-state index contributed by atoms with van der Waals surface area (Å²) in [5.41, 5.74) is 3.45. The summed E-state index contributed by atoms with van der Waals surface area (Å²) in [7, 11) is -3.73. The van der Waals surface area contributed by atoms with Crippen LogP contribution in [0.3, 0.4) is 0 Å². The van der Waals surface area contributed by atoms with E-state index in [1.54, 1.807) is 26.0 Å². The molecule has 6 heteroatoms. The van der Waals surface area contributed by atoms with E-state index in [2.05, 4.69) is 5.43 Å². The van der Waals surface area contributed by atoms with Crippen LogP contribution in [0.5, 0.6) is 0 Å². The topological polar surface area (TPSA) is 81.4 Å². The van der Waals surface area contributed by atoms with Gasteiger partial charge in [0.05, 0.1) is 11.0 Å².